The van der Waals surface area contributed by atoms with Gasteiger partial charge in [-0.25, -0.2) is 0 Å². The Morgan fingerprint density at radius 3 is 2.29 bits per heavy atom. The molecule has 2 N–H and O–H groups in total. The van der Waals surface area contributed by atoms with E-state index in [9.17, 15) is 0 Å². The fraction of sp³-hybridized carbons (Fsp3) is 0.952. The average Bonchev–Trinajstić information content (AvgIpc) is 2.77. The molecule has 2 heterocycles. The minimum atomic E-state index is 0.222. The monoisotopic (exact) mass is 412 g/mol. The summed E-state index contributed by atoms with van der Waals surface area (Å²) in [6, 6.07) is 0. The second-order valence-corrected chi connectivity index (χ2v) is 9.71. The molecule has 2 aliphatic heterocycles. The fourth-order valence-corrected chi connectivity index (χ4v) is 5.62. The van der Waals surface area contributed by atoms with Gasteiger partial charge in [0.1, 0.15) is 0 Å². The largest absolute Gasteiger partial charge is 0.381 e. The third-order valence-corrected chi connectivity index (χ3v) is 8.18. The summed E-state index contributed by atoms with van der Waals surface area (Å²) in [5.74, 6) is 0.973. The highest BCUT2D eigenvalue weighted by Crippen LogP contribution is 2.35. The van der Waals surface area contributed by atoms with E-state index < -0.39 is 0 Å². The zero-order chi connectivity index (χ0) is 19.7. The molecule has 0 aromatic heterocycles. The van der Waals surface area contributed by atoms with Crippen molar-refractivity contribution in [2.45, 2.75) is 62.2 Å². The Hall–Kier alpha value is -0.500. The second kappa shape index (κ2) is 11.0. The molecule has 1 aliphatic carbocycles. The van der Waals surface area contributed by atoms with Gasteiger partial charge in [-0.15, -0.1) is 0 Å². The van der Waals surface area contributed by atoms with Crippen molar-refractivity contribution in [2.75, 3.05) is 65.4 Å². The van der Waals surface area contributed by atoms with Gasteiger partial charge < -0.3 is 20.1 Å². The van der Waals surface area contributed by atoms with Gasteiger partial charge in [0.2, 0.25) is 0 Å². The van der Waals surface area contributed by atoms with Crippen LogP contribution in [0.25, 0.3) is 0 Å². The quantitative estimate of drug-likeness (QED) is 0.495. The third kappa shape index (κ3) is 5.77. The van der Waals surface area contributed by atoms with E-state index in [0.29, 0.717) is 0 Å². The number of thioether (sulfide) groups is 1. The molecule has 0 atom stereocenters. The highest BCUT2D eigenvalue weighted by molar-refractivity contribution is 8.00. The van der Waals surface area contributed by atoms with Gasteiger partial charge >= 0.3 is 0 Å². The molecule has 0 radical (unpaired) electrons. The zero-order valence-electron chi connectivity index (χ0n) is 17.9. The minimum absolute atomic E-state index is 0.222. The van der Waals surface area contributed by atoms with Crippen molar-refractivity contribution >= 4 is 17.7 Å². The molecule has 0 bridgehead atoms. The van der Waals surface area contributed by atoms with E-state index in [1.165, 1.54) is 32.1 Å². The van der Waals surface area contributed by atoms with E-state index in [0.717, 1.165) is 78.0 Å². The van der Waals surface area contributed by atoms with Gasteiger partial charge in [-0.05, 0) is 38.9 Å². The molecule has 3 fully saturated rings. The maximum absolute atomic E-state index is 5.61. The van der Waals surface area contributed by atoms with Crippen LogP contribution >= 0.6 is 11.8 Å². The van der Waals surface area contributed by atoms with Crippen molar-refractivity contribution in [3.05, 3.63) is 0 Å². The van der Waals surface area contributed by atoms with Crippen molar-refractivity contribution in [3.63, 3.8) is 0 Å². The minimum Gasteiger partial charge on any atom is -0.381 e. The molecule has 28 heavy (non-hydrogen) atoms. The van der Waals surface area contributed by atoms with Gasteiger partial charge in [0, 0.05) is 49.7 Å². The summed E-state index contributed by atoms with van der Waals surface area (Å²) in [7, 11) is 0. The van der Waals surface area contributed by atoms with Crippen molar-refractivity contribution in [2.24, 2.45) is 4.99 Å². The van der Waals surface area contributed by atoms with Crippen LogP contribution < -0.4 is 10.6 Å². The van der Waals surface area contributed by atoms with Crippen LogP contribution in [0.1, 0.15) is 51.9 Å². The zero-order valence-corrected chi connectivity index (χ0v) is 18.7. The number of morpholine rings is 1. The summed E-state index contributed by atoms with van der Waals surface area (Å²) < 4.78 is 11.5. The molecule has 1 saturated carbocycles. The summed E-state index contributed by atoms with van der Waals surface area (Å²) in [4.78, 5) is 7.78. The molecule has 6 nitrogen and oxygen atoms in total. The van der Waals surface area contributed by atoms with Crippen molar-refractivity contribution in [1.29, 1.82) is 0 Å². The number of ether oxygens (including phenoxy) is 2. The van der Waals surface area contributed by atoms with Crippen LogP contribution in [-0.4, -0.2) is 86.6 Å². The highest BCUT2D eigenvalue weighted by atomic mass is 32.2. The van der Waals surface area contributed by atoms with Gasteiger partial charge in [0.25, 0.3) is 0 Å². The molecule has 162 valence electrons. The van der Waals surface area contributed by atoms with Crippen LogP contribution in [0, 0.1) is 0 Å². The third-order valence-electron chi connectivity index (χ3n) is 6.76. The van der Waals surface area contributed by atoms with E-state index in [1.54, 1.807) is 0 Å². The number of hydrogen-bond acceptors (Lipinski definition) is 5. The molecule has 0 aromatic rings. The molecule has 3 rings (SSSR count). The fourth-order valence-electron chi connectivity index (χ4n) is 4.83. The first-order chi connectivity index (χ1) is 13.7. The van der Waals surface area contributed by atoms with E-state index in [1.807, 2.05) is 11.8 Å². The summed E-state index contributed by atoms with van der Waals surface area (Å²) in [6.45, 7) is 10.5. The Morgan fingerprint density at radius 1 is 0.964 bits per heavy atom. The summed E-state index contributed by atoms with van der Waals surface area (Å²) in [5, 5.41) is 7.14. The van der Waals surface area contributed by atoms with E-state index in [-0.39, 0.29) is 10.3 Å². The summed E-state index contributed by atoms with van der Waals surface area (Å²) >= 11 is 1.97. The number of hydrogen-bond donors (Lipinski definition) is 2. The van der Waals surface area contributed by atoms with E-state index in [4.69, 9.17) is 14.5 Å². The number of rotatable bonds is 7. The molecule has 0 spiro atoms. The van der Waals surface area contributed by atoms with Crippen molar-refractivity contribution in [3.8, 4) is 0 Å². The van der Waals surface area contributed by atoms with Crippen LogP contribution in [0.15, 0.2) is 4.99 Å². The molecule has 3 aliphatic rings. The first-order valence-electron chi connectivity index (χ1n) is 11.2. The lowest BCUT2D eigenvalue weighted by atomic mass is 9.80. The average molecular weight is 413 g/mol. The van der Waals surface area contributed by atoms with Gasteiger partial charge in [-0.3, -0.25) is 9.89 Å². The van der Waals surface area contributed by atoms with Gasteiger partial charge in [-0.1, -0.05) is 19.3 Å². The van der Waals surface area contributed by atoms with Gasteiger partial charge in [0.05, 0.1) is 19.8 Å². The van der Waals surface area contributed by atoms with E-state index >= 15 is 0 Å². The van der Waals surface area contributed by atoms with Gasteiger partial charge in [0.15, 0.2) is 5.96 Å². The molecule has 2 saturated heterocycles. The van der Waals surface area contributed by atoms with Crippen LogP contribution in [0.3, 0.4) is 0 Å². The molecular weight excluding hydrogens is 372 g/mol. The number of nitrogens with one attached hydrogen (secondary N) is 2. The van der Waals surface area contributed by atoms with Crippen LogP contribution in [0.2, 0.25) is 0 Å². The molecule has 0 unspecified atom stereocenters. The van der Waals surface area contributed by atoms with Gasteiger partial charge in [-0.2, -0.15) is 11.8 Å². The lowest BCUT2D eigenvalue weighted by Crippen LogP contribution is -2.57. The second-order valence-electron chi connectivity index (χ2n) is 8.43. The van der Waals surface area contributed by atoms with E-state index in [2.05, 4.69) is 28.7 Å². The number of nitrogens with zero attached hydrogens (tertiary/aromatic N) is 2. The predicted molar refractivity (Wildman–Crippen MR) is 118 cm³/mol. The smallest absolute Gasteiger partial charge is 0.191 e. The Labute approximate surface area is 175 Å². The maximum Gasteiger partial charge on any atom is 0.191 e. The molecule has 0 aromatic carbocycles. The van der Waals surface area contributed by atoms with Crippen molar-refractivity contribution in [1.82, 2.24) is 15.5 Å². The number of guanidine groups is 1. The Kier molecular flexibility index (Phi) is 8.75. The SMILES string of the molecule is CCNC(=NCC1(N2CCOCC2)CCCCC1)NCC1(SC)CCOCC1. The lowest BCUT2D eigenvalue weighted by molar-refractivity contribution is -0.0333. The lowest BCUT2D eigenvalue weighted by Gasteiger charge is -2.47. The Morgan fingerprint density at radius 2 is 1.64 bits per heavy atom. The number of aliphatic imine (C=N–C) groups is 1. The normalized spacial score (nSPS) is 26.0. The standard InChI is InChI=1S/C21H40N4O2S/c1-3-22-19(24-18-21(28-2)9-13-26-14-10-21)23-17-20(7-5-4-6-8-20)25-11-15-27-16-12-25/h3-18H2,1-2H3,(H2,22,23,24). The topological polar surface area (TPSA) is 58.1 Å². The van der Waals surface area contributed by atoms with Crippen LogP contribution in [0.5, 0.6) is 0 Å². The molecular formula is C21H40N4O2S. The van der Waals surface area contributed by atoms with Crippen LogP contribution in [-0.2, 0) is 9.47 Å². The first kappa shape index (κ1) is 22.2. The van der Waals surface area contributed by atoms with Crippen LogP contribution in [0.4, 0.5) is 0 Å². The summed E-state index contributed by atoms with van der Waals surface area (Å²) in [5.41, 5.74) is 0.222. The summed E-state index contributed by atoms with van der Waals surface area (Å²) in [6.07, 6.45) is 11.0. The molecule has 7 heteroatoms. The molecule has 0 amide bonds. The predicted octanol–water partition coefficient (Wildman–Crippen LogP) is 2.49. The van der Waals surface area contributed by atoms with Crippen molar-refractivity contribution < 1.29 is 9.47 Å². The first-order valence-corrected chi connectivity index (χ1v) is 12.4. The maximum atomic E-state index is 5.61. The Balaban J connectivity index is 1.65. The Bertz CT molecular complexity index is 485. The highest BCUT2D eigenvalue weighted by Gasteiger charge is 2.38.